The molecule has 0 N–H and O–H groups in total. The van der Waals surface area contributed by atoms with E-state index in [1.807, 2.05) is 0 Å². The van der Waals surface area contributed by atoms with Crippen LogP contribution < -0.4 is 0 Å². The van der Waals surface area contributed by atoms with Gasteiger partial charge in [-0.25, -0.2) is 12.4 Å². The summed E-state index contributed by atoms with van der Waals surface area (Å²) in [5.74, 6) is -57.8. The molecule has 0 fully saturated rings. The first-order valence-corrected chi connectivity index (χ1v) is 12.1. The minimum Gasteiger partial charge on any atom is -0.241 e. The van der Waals surface area contributed by atoms with E-state index in [-0.39, 0.29) is 23.0 Å². The molecule has 3 aromatic rings. The van der Waals surface area contributed by atoms with Gasteiger partial charge in [0.2, 0.25) is 0 Å². The van der Waals surface area contributed by atoms with Gasteiger partial charge in [0.15, 0.2) is 0 Å². The lowest BCUT2D eigenvalue weighted by Gasteiger charge is -2.42. The molecule has 0 amide bonds. The number of halogens is 17. The summed E-state index contributed by atoms with van der Waals surface area (Å²) in [6.07, 6.45) is -7.04. The number of benzene rings is 2. The van der Waals surface area contributed by atoms with Crippen LogP contribution in [0, 0.1) is 0 Å². The normalized spacial score (nSPS) is 15.3. The van der Waals surface area contributed by atoms with Crippen LogP contribution in [0.15, 0.2) is 65.7 Å². The zero-order valence-electron chi connectivity index (χ0n) is 19.9. The Bertz CT molecular complexity index is 1620. The number of aromatic nitrogens is 1. The van der Waals surface area contributed by atoms with Crippen molar-refractivity contribution in [2.24, 2.45) is 0 Å². The van der Waals surface area contributed by atoms with Crippen LogP contribution in [-0.2, 0) is 15.9 Å². The molecule has 21 heteroatoms. The molecule has 1 aromatic heterocycles. The standard InChI is InChI=1S/C22H10F17NO2S/c23-15(24,12-5-3-6-13(10-12)43(41,42)40-9-8-11-4-1-2-7-14(11)40)16(25,26)17(27,28)18(29,30)19(31,32)20(33,34)21(35,36)22(37,38)39/h1-10H. The van der Waals surface area contributed by atoms with Crippen molar-refractivity contribution < 1.29 is 83.1 Å². The molecule has 0 saturated carbocycles. The third-order valence-corrected chi connectivity index (χ3v) is 7.73. The van der Waals surface area contributed by atoms with E-state index in [1.165, 1.54) is 18.2 Å². The van der Waals surface area contributed by atoms with Crippen LogP contribution in [0.2, 0.25) is 0 Å². The Kier molecular flexibility index (Phi) is 7.66. The van der Waals surface area contributed by atoms with Gasteiger partial charge >= 0.3 is 47.6 Å². The molecule has 0 aliphatic rings. The van der Waals surface area contributed by atoms with Gasteiger partial charge in [-0.05, 0) is 24.3 Å². The maximum Gasteiger partial charge on any atom is 0.460 e. The van der Waals surface area contributed by atoms with Gasteiger partial charge in [0.25, 0.3) is 10.0 Å². The minimum atomic E-state index is -8.76. The van der Waals surface area contributed by atoms with Gasteiger partial charge in [-0.15, -0.1) is 0 Å². The van der Waals surface area contributed by atoms with Crippen molar-refractivity contribution in [2.45, 2.75) is 52.5 Å². The van der Waals surface area contributed by atoms with Gasteiger partial charge in [0.1, 0.15) is 0 Å². The van der Waals surface area contributed by atoms with E-state index in [4.69, 9.17) is 0 Å². The summed E-state index contributed by atoms with van der Waals surface area (Å²) in [6.45, 7) is 0. The fraction of sp³-hybridized carbons (Fsp3) is 0.364. The Morgan fingerprint density at radius 2 is 0.977 bits per heavy atom. The van der Waals surface area contributed by atoms with Gasteiger partial charge in [-0.1, -0.05) is 30.3 Å². The number of hydrogen-bond acceptors (Lipinski definition) is 2. The van der Waals surface area contributed by atoms with Crippen molar-refractivity contribution in [3.05, 3.63) is 66.4 Å². The Labute approximate surface area is 227 Å². The van der Waals surface area contributed by atoms with Crippen molar-refractivity contribution in [3.63, 3.8) is 0 Å². The van der Waals surface area contributed by atoms with E-state index in [1.54, 1.807) is 0 Å². The van der Waals surface area contributed by atoms with E-state index in [2.05, 4.69) is 0 Å². The Morgan fingerprint density at radius 1 is 0.512 bits per heavy atom. The topological polar surface area (TPSA) is 39.1 Å². The lowest BCUT2D eigenvalue weighted by molar-refractivity contribution is -0.462. The second-order valence-electron chi connectivity index (χ2n) is 8.72. The SMILES string of the molecule is O=S(=O)(c1cccc(C(F)(F)C(F)(F)C(F)(F)C(F)(F)C(F)(F)C(F)(F)C(F)(F)C(F)(F)F)c1)n1ccc2ccccc21. The molecular formula is C22H10F17NO2S. The summed E-state index contributed by atoms with van der Waals surface area (Å²) in [5.41, 5.74) is -2.78. The molecule has 3 rings (SSSR count). The highest BCUT2D eigenvalue weighted by atomic mass is 32.2. The van der Waals surface area contributed by atoms with Crippen LogP contribution in [0.1, 0.15) is 5.56 Å². The average Bonchev–Trinajstić information content (AvgIpc) is 3.32. The van der Waals surface area contributed by atoms with Gasteiger partial charge in [0.05, 0.1) is 10.4 Å². The minimum absolute atomic E-state index is 0.157. The first-order valence-electron chi connectivity index (χ1n) is 10.7. The highest BCUT2D eigenvalue weighted by molar-refractivity contribution is 7.90. The molecule has 2 aromatic carbocycles. The summed E-state index contributed by atoms with van der Waals surface area (Å²) < 4.78 is 257. The first-order chi connectivity index (χ1) is 19.0. The summed E-state index contributed by atoms with van der Waals surface area (Å²) >= 11 is 0. The molecule has 0 saturated heterocycles. The van der Waals surface area contributed by atoms with Crippen molar-refractivity contribution in [1.29, 1.82) is 0 Å². The molecule has 0 unspecified atom stereocenters. The second-order valence-corrected chi connectivity index (χ2v) is 10.5. The van der Waals surface area contributed by atoms with E-state index < -0.39 is 74.2 Å². The largest absolute Gasteiger partial charge is 0.460 e. The fourth-order valence-electron chi connectivity index (χ4n) is 3.58. The Hall–Kier alpha value is -3.26. The summed E-state index contributed by atoms with van der Waals surface area (Å²) in [5, 5.41) is 0.204. The third kappa shape index (κ3) is 4.50. The third-order valence-electron chi connectivity index (χ3n) is 6.04. The second kappa shape index (κ2) is 9.62. The number of nitrogens with zero attached hydrogens (tertiary/aromatic N) is 1. The average molecular weight is 675 g/mol. The number of rotatable bonds is 9. The maximum absolute atomic E-state index is 14.7. The predicted octanol–water partition coefficient (Wildman–Crippen LogP) is 8.34. The molecule has 240 valence electrons. The molecule has 1 heterocycles. The van der Waals surface area contributed by atoms with Crippen molar-refractivity contribution in [2.75, 3.05) is 0 Å². The van der Waals surface area contributed by atoms with E-state index in [0.29, 0.717) is 10.0 Å². The lowest BCUT2D eigenvalue weighted by atomic mass is 9.87. The molecule has 0 atom stereocenters. The molecule has 0 aliphatic heterocycles. The predicted molar refractivity (Wildman–Crippen MR) is 111 cm³/mol. The van der Waals surface area contributed by atoms with Crippen LogP contribution in [-0.4, -0.2) is 54.1 Å². The van der Waals surface area contributed by atoms with Crippen LogP contribution in [0.25, 0.3) is 10.9 Å². The monoisotopic (exact) mass is 675 g/mol. The number of fused-ring (bicyclic) bond motifs is 1. The van der Waals surface area contributed by atoms with Gasteiger partial charge in [-0.2, -0.15) is 74.6 Å². The summed E-state index contributed by atoms with van der Waals surface area (Å²) in [6, 6.07) is 6.12. The van der Waals surface area contributed by atoms with Crippen molar-refractivity contribution in [3.8, 4) is 0 Å². The number of alkyl halides is 17. The zero-order chi connectivity index (χ0) is 33.5. The van der Waals surface area contributed by atoms with Gasteiger partial charge < -0.3 is 0 Å². The molecule has 0 aliphatic carbocycles. The van der Waals surface area contributed by atoms with E-state index in [0.717, 1.165) is 18.3 Å². The van der Waals surface area contributed by atoms with E-state index in [9.17, 15) is 83.1 Å². The lowest BCUT2D eigenvalue weighted by Crippen LogP contribution is -2.74. The molecule has 0 radical (unpaired) electrons. The number of para-hydroxylation sites is 1. The zero-order valence-corrected chi connectivity index (χ0v) is 20.7. The molecule has 0 spiro atoms. The molecule has 43 heavy (non-hydrogen) atoms. The Morgan fingerprint density at radius 3 is 1.49 bits per heavy atom. The molecule has 0 bridgehead atoms. The summed E-state index contributed by atoms with van der Waals surface area (Å²) in [7, 11) is -5.09. The van der Waals surface area contributed by atoms with Crippen molar-refractivity contribution in [1.82, 2.24) is 3.97 Å². The van der Waals surface area contributed by atoms with Crippen LogP contribution in [0.4, 0.5) is 74.6 Å². The van der Waals surface area contributed by atoms with Crippen LogP contribution in [0.3, 0.4) is 0 Å². The Balaban J connectivity index is 2.14. The highest BCUT2D eigenvalue weighted by Gasteiger charge is 2.95. The van der Waals surface area contributed by atoms with Gasteiger partial charge in [-0.3, -0.25) is 0 Å². The quantitative estimate of drug-likeness (QED) is 0.214. The molecule has 3 nitrogen and oxygen atoms in total. The maximum atomic E-state index is 14.7. The highest BCUT2D eigenvalue weighted by Crippen LogP contribution is 2.65. The van der Waals surface area contributed by atoms with Crippen molar-refractivity contribution >= 4 is 20.9 Å². The van der Waals surface area contributed by atoms with Crippen LogP contribution in [0.5, 0.6) is 0 Å². The fourth-order valence-corrected chi connectivity index (χ4v) is 4.98. The van der Waals surface area contributed by atoms with Crippen LogP contribution >= 0.6 is 0 Å². The summed E-state index contributed by atoms with van der Waals surface area (Å²) in [4.78, 5) is -1.42. The van der Waals surface area contributed by atoms with E-state index >= 15 is 0 Å². The van der Waals surface area contributed by atoms with Gasteiger partial charge in [0, 0.05) is 17.1 Å². The molecular weight excluding hydrogens is 665 g/mol. The smallest absolute Gasteiger partial charge is 0.241 e. The first kappa shape index (κ1) is 34.2. The number of hydrogen-bond donors (Lipinski definition) is 0.